The summed E-state index contributed by atoms with van der Waals surface area (Å²) in [6.45, 7) is 4.75. The first-order valence-electron chi connectivity index (χ1n) is 5.95. The van der Waals surface area contributed by atoms with E-state index in [2.05, 4.69) is 39.8 Å². The van der Waals surface area contributed by atoms with Crippen molar-refractivity contribution in [2.45, 2.75) is 19.4 Å². The number of piperazine rings is 1. The fourth-order valence-electron chi connectivity index (χ4n) is 2.23. The third-order valence-electron chi connectivity index (χ3n) is 3.41. The van der Waals surface area contributed by atoms with Crippen LogP contribution in [-0.4, -0.2) is 53.4 Å². The minimum atomic E-state index is 0.0993. The van der Waals surface area contributed by atoms with Gasteiger partial charge in [-0.2, -0.15) is 0 Å². The van der Waals surface area contributed by atoms with Crippen molar-refractivity contribution in [3.8, 4) is 0 Å². The van der Waals surface area contributed by atoms with Crippen LogP contribution in [0.3, 0.4) is 0 Å². The first-order chi connectivity index (χ1) is 8.11. The second-order valence-electron chi connectivity index (χ2n) is 4.53. The fourth-order valence-corrected chi connectivity index (χ4v) is 2.58. The summed E-state index contributed by atoms with van der Waals surface area (Å²) in [4.78, 5) is 19.5. The van der Waals surface area contributed by atoms with Gasteiger partial charge in [0.2, 0.25) is 0 Å². The number of nitrogens with one attached hydrogen (secondary N) is 1. The Morgan fingerprint density at radius 3 is 2.94 bits per heavy atom. The summed E-state index contributed by atoms with van der Waals surface area (Å²) in [6.07, 6.45) is 2.87. The van der Waals surface area contributed by atoms with E-state index in [0.717, 1.165) is 30.5 Å². The summed E-state index contributed by atoms with van der Waals surface area (Å²) in [5, 5.41) is 0. The van der Waals surface area contributed by atoms with Gasteiger partial charge in [0.15, 0.2) is 0 Å². The number of likely N-dealkylation sites (N-methyl/N-ethyl adjacent to an activating group) is 1. The molecule has 2 rings (SSSR count). The third kappa shape index (κ3) is 2.72. The van der Waals surface area contributed by atoms with Gasteiger partial charge in [-0.25, -0.2) is 0 Å². The topological polar surface area (TPSA) is 39.3 Å². The Balaban J connectivity index is 2.05. The molecule has 0 aromatic carbocycles. The van der Waals surface area contributed by atoms with Gasteiger partial charge in [-0.1, -0.05) is 6.92 Å². The van der Waals surface area contributed by atoms with Crippen molar-refractivity contribution >= 4 is 21.8 Å². The van der Waals surface area contributed by atoms with Gasteiger partial charge in [0.05, 0.1) is 0 Å². The van der Waals surface area contributed by atoms with Crippen molar-refractivity contribution in [2.24, 2.45) is 0 Å². The maximum Gasteiger partial charge on any atom is 0.270 e. The number of nitrogens with zero attached hydrogens (tertiary/aromatic N) is 2. The van der Waals surface area contributed by atoms with Gasteiger partial charge in [-0.3, -0.25) is 9.69 Å². The molecule has 94 valence electrons. The number of H-pyrrole nitrogens is 1. The van der Waals surface area contributed by atoms with E-state index in [0.29, 0.717) is 11.7 Å². The number of rotatable bonds is 2. The minimum Gasteiger partial charge on any atom is -0.356 e. The maximum absolute atomic E-state index is 12.2. The van der Waals surface area contributed by atoms with Crippen molar-refractivity contribution in [1.82, 2.24) is 14.8 Å². The molecule has 0 radical (unpaired) electrons. The average Bonchev–Trinajstić information content (AvgIpc) is 2.75. The van der Waals surface area contributed by atoms with E-state index in [1.807, 2.05) is 11.0 Å². The number of halogens is 1. The molecule has 0 saturated carbocycles. The zero-order valence-corrected chi connectivity index (χ0v) is 11.8. The number of hydrogen-bond acceptors (Lipinski definition) is 2. The zero-order chi connectivity index (χ0) is 12.4. The molecule has 1 saturated heterocycles. The van der Waals surface area contributed by atoms with E-state index >= 15 is 0 Å². The van der Waals surface area contributed by atoms with Crippen LogP contribution in [0.1, 0.15) is 23.8 Å². The molecule has 1 fully saturated rings. The van der Waals surface area contributed by atoms with Crippen LogP contribution < -0.4 is 0 Å². The van der Waals surface area contributed by atoms with Crippen molar-refractivity contribution in [2.75, 3.05) is 26.7 Å². The van der Waals surface area contributed by atoms with Crippen LogP contribution >= 0.6 is 15.9 Å². The number of hydrogen-bond donors (Lipinski definition) is 1. The smallest absolute Gasteiger partial charge is 0.270 e. The molecule has 1 atom stereocenters. The molecule has 1 N–H and O–H groups in total. The maximum atomic E-state index is 12.2. The Morgan fingerprint density at radius 2 is 2.35 bits per heavy atom. The Kier molecular flexibility index (Phi) is 3.89. The van der Waals surface area contributed by atoms with Gasteiger partial charge in [0.1, 0.15) is 5.69 Å². The molecule has 0 bridgehead atoms. The van der Waals surface area contributed by atoms with Crippen LogP contribution in [0.2, 0.25) is 0 Å². The summed E-state index contributed by atoms with van der Waals surface area (Å²) in [6, 6.07) is 2.31. The largest absolute Gasteiger partial charge is 0.356 e. The molecule has 1 aromatic heterocycles. The van der Waals surface area contributed by atoms with Crippen LogP contribution in [0.15, 0.2) is 16.7 Å². The summed E-state index contributed by atoms with van der Waals surface area (Å²) in [7, 11) is 2.13. The van der Waals surface area contributed by atoms with E-state index in [1.54, 1.807) is 6.20 Å². The van der Waals surface area contributed by atoms with Crippen LogP contribution in [0.25, 0.3) is 0 Å². The lowest BCUT2D eigenvalue weighted by Crippen LogP contribution is -2.53. The van der Waals surface area contributed by atoms with Gasteiger partial charge in [0, 0.05) is 36.3 Å². The lowest BCUT2D eigenvalue weighted by molar-refractivity contribution is 0.0537. The van der Waals surface area contributed by atoms with E-state index in [4.69, 9.17) is 0 Å². The molecule has 2 heterocycles. The van der Waals surface area contributed by atoms with Gasteiger partial charge in [0.25, 0.3) is 5.91 Å². The molecular weight excluding hydrogens is 282 g/mol. The van der Waals surface area contributed by atoms with E-state index in [-0.39, 0.29) is 5.91 Å². The molecule has 0 aliphatic carbocycles. The number of carbonyl (C=O) groups is 1. The Bertz CT molecular complexity index is 404. The molecule has 1 aromatic rings. The van der Waals surface area contributed by atoms with E-state index in [9.17, 15) is 4.79 Å². The van der Waals surface area contributed by atoms with E-state index in [1.165, 1.54) is 0 Å². The van der Waals surface area contributed by atoms with Crippen molar-refractivity contribution in [3.63, 3.8) is 0 Å². The van der Waals surface area contributed by atoms with Crippen molar-refractivity contribution < 1.29 is 4.79 Å². The predicted molar refractivity (Wildman–Crippen MR) is 71.1 cm³/mol. The Hall–Kier alpha value is -0.810. The second kappa shape index (κ2) is 5.23. The number of carbonyl (C=O) groups excluding carboxylic acids is 1. The molecule has 0 spiro atoms. The first-order valence-corrected chi connectivity index (χ1v) is 6.74. The Labute approximate surface area is 110 Å². The fraction of sp³-hybridized carbons (Fsp3) is 0.583. The van der Waals surface area contributed by atoms with Gasteiger partial charge >= 0.3 is 0 Å². The highest BCUT2D eigenvalue weighted by molar-refractivity contribution is 9.10. The Morgan fingerprint density at radius 1 is 1.59 bits per heavy atom. The quantitative estimate of drug-likeness (QED) is 0.906. The SMILES string of the molecule is CCC1CN(C(=O)c2cc(Br)c[nH]2)CCN1C. The predicted octanol–water partition coefficient (Wildman–Crippen LogP) is 1.94. The molecule has 1 amide bonds. The number of aromatic amines is 1. The summed E-state index contributed by atoms with van der Waals surface area (Å²) >= 11 is 3.35. The highest BCUT2D eigenvalue weighted by Gasteiger charge is 2.27. The third-order valence-corrected chi connectivity index (χ3v) is 3.87. The van der Waals surface area contributed by atoms with Gasteiger partial charge < -0.3 is 9.88 Å². The normalized spacial score (nSPS) is 21.8. The monoisotopic (exact) mass is 299 g/mol. The van der Waals surface area contributed by atoms with E-state index < -0.39 is 0 Å². The van der Waals surface area contributed by atoms with Gasteiger partial charge in [-0.15, -0.1) is 0 Å². The lowest BCUT2D eigenvalue weighted by Gasteiger charge is -2.38. The van der Waals surface area contributed by atoms with Crippen molar-refractivity contribution in [1.29, 1.82) is 0 Å². The summed E-state index contributed by atoms with van der Waals surface area (Å²) in [5.41, 5.74) is 0.663. The average molecular weight is 300 g/mol. The zero-order valence-electron chi connectivity index (χ0n) is 10.2. The first kappa shape index (κ1) is 12.6. The molecule has 5 heteroatoms. The summed E-state index contributed by atoms with van der Waals surface area (Å²) < 4.78 is 0.919. The number of aromatic nitrogens is 1. The minimum absolute atomic E-state index is 0.0993. The van der Waals surface area contributed by atoms with Crippen LogP contribution in [0.5, 0.6) is 0 Å². The van der Waals surface area contributed by atoms with Crippen LogP contribution in [-0.2, 0) is 0 Å². The standard InChI is InChI=1S/C12H18BrN3O/c1-3-10-8-16(5-4-15(10)2)12(17)11-6-9(13)7-14-11/h6-7,10,14H,3-5,8H2,1-2H3. The molecule has 1 unspecified atom stereocenters. The molecular formula is C12H18BrN3O. The summed E-state index contributed by atoms with van der Waals surface area (Å²) in [5.74, 6) is 0.0993. The van der Waals surface area contributed by atoms with Crippen molar-refractivity contribution in [3.05, 3.63) is 22.4 Å². The van der Waals surface area contributed by atoms with Crippen LogP contribution in [0.4, 0.5) is 0 Å². The molecule has 1 aliphatic rings. The highest BCUT2D eigenvalue weighted by atomic mass is 79.9. The second-order valence-corrected chi connectivity index (χ2v) is 5.44. The van der Waals surface area contributed by atoms with Crippen LogP contribution in [0, 0.1) is 0 Å². The molecule has 1 aliphatic heterocycles. The molecule has 4 nitrogen and oxygen atoms in total. The molecule has 17 heavy (non-hydrogen) atoms. The number of amides is 1. The van der Waals surface area contributed by atoms with Gasteiger partial charge in [-0.05, 0) is 35.5 Å². The highest BCUT2D eigenvalue weighted by Crippen LogP contribution is 2.16. The lowest BCUT2D eigenvalue weighted by atomic mass is 10.1.